The van der Waals surface area contributed by atoms with Crippen LogP contribution in [-0.4, -0.2) is 5.38 Å². The van der Waals surface area contributed by atoms with Gasteiger partial charge in [0, 0.05) is 10.1 Å². The molecule has 16 heavy (non-hydrogen) atoms. The summed E-state index contributed by atoms with van der Waals surface area (Å²) < 4.78 is 1.40. The van der Waals surface area contributed by atoms with Crippen LogP contribution < -0.4 is 0 Å². The van der Waals surface area contributed by atoms with E-state index in [2.05, 4.69) is 29.6 Å². The lowest BCUT2D eigenvalue weighted by atomic mass is 9.97. The van der Waals surface area contributed by atoms with Crippen molar-refractivity contribution in [1.29, 1.82) is 0 Å². The average molecular weight is 251 g/mol. The summed E-state index contributed by atoms with van der Waals surface area (Å²) in [6, 6.07) is 8.68. The fraction of sp³-hybridized carbons (Fsp3) is 0.429. The maximum Gasteiger partial charge on any atom is 0.0367 e. The summed E-state index contributed by atoms with van der Waals surface area (Å²) in [5.41, 5.74) is 1.50. The van der Waals surface area contributed by atoms with Crippen molar-refractivity contribution in [3.05, 3.63) is 35.2 Å². The molecule has 2 heteroatoms. The average Bonchev–Trinajstić information content (AvgIpc) is 2.88. The third-order valence-electron chi connectivity index (χ3n) is 3.61. The highest BCUT2D eigenvalue weighted by Crippen LogP contribution is 2.35. The molecular formula is C14H15ClS. The molecule has 1 saturated carbocycles. The highest BCUT2D eigenvalue weighted by molar-refractivity contribution is 7.17. The van der Waals surface area contributed by atoms with Crippen molar-refractivity contribution in [2.45, 2.75) is 31.1 Å². The zero-order valence-corrected chi connectivity index (χ0v) is 10.7. The van der Waals surface area contributed by atoms with Crippen molar-refractivity contribution in [2.75, 3.05) is 0 Å². The lowest BCUT2D eigenvalue weighted by molar-refractivity contribution is 0.555. The van der Waals surface area contributed by atoms with Crippen molar-refractivity contribution in [2.24, 2.45) is 5.92 Å². The summed E-state index contributed by atoms with van der Waals surface area (Å²) in [5.74, 6) is 0.694. The van der Waals surface area contributed by atoms with Gasteiger partial charge >= 0.3 is 0 Å². The van der Waals surface area contributed by atoms with Gasteiger partial charge in [0.1, 0.15) is 0 Å². The predicted molar refractivity (Wildman–Crippen MR) is 72.5 cm³/mol. The van der Waals surface area contributed by atoms with Crippen LogP contribution in [0.4, 0.5) is 0 Å². The first kappa shape index (κ1) is 10.6. The molecule has 2 unspecified atom stereocenters. The normalized spacial score (nSPS) is 25.3. The maximum absolute atomic E-state index is 6.35. The van der Waals surface area contributed by atoms with E-state index < -0.39 is 0 Å². The molecule has 3 rings (SSSR count). The van der Waals surface area contributed by atoms with Crippen molar-refractivity contribution in [3.63, 3.8) is 0 Å². The van der Waals surface area contributed by atoms with Crippen LogP contribution in [0.3, 0.4) is 0 Å². The molecule has 0 spiro atoms. The van der Waals surface area contributed by atoms with Crippen LogP contribution >= 0.6 is 22.9 Å². The van der Waals surface area contributed by atoms with Gasteiger partial charge in [-0.2, -0.15) is 0 Å². The fourth-order valence-electron chi connectivity index (χ4n) is 2.69. The molecule has 0 aliphatic heterocycles. The molecule has 1 aromatic heterocycles. The molecule has 84 valence electrons. The van der Waals surface area contributed by atoms with Crippen molar-refractivity contribution < 1.29 is 0 Å². The first-order valence-corrected chi connectivity index (χ1v) is 7.25. The highest BCUT2D eigenvalue weighted by atomic mass is 35.5. The third kappa shape index (κ3) is 1.87. The Bertz CT molecular complexity index is 488. The van der Waals surface area contributed by atoms with Gasteiger partial charge in [0.25, 0.3) is 0 Å². The lowest BCUT2D eigenvalue weighted by Crippen LogP contribution is -2.09. The second-order valence-corrected chi connectivity index (χ2v) is 6.14. The summed E-state index contributed by atoms with van der Waals surface area (Å²) in [6.45, 7) is 0. The summed E-state index contributed by atoms with van der Waals surface area (Å²) in [5, 5.41) is 4.15. The zero-order valence-electron chi connectivity index (χ0n) is 9.16. The van der Waals surface area contributed by atoms with Crippen LogP contribution in [0.15, 0.2) is 29.6 Å². The van der Waals surface area contributed by atoms with Crippen molar-refractivity contribution in [3.8, 4) is 0 Å². The maximum atomic E-state index is 6.35. The van der Waals surface area contributed by atoms with Gasteiger partial charge in [0.05, 0.1) is 0 Å². The SMILES string of the molecule is ClC1CCCC1Cc1csc2ccccc12. The lowest BCUT2D eigenvalue weighted by Gasteiger charge is -2.12. The van der Waals surface area contributed by atoms with E-state index in [4.69, 9.17) is 11.6 Å². The Labute approximate surface area is 105 Å². The molecule has 2 atom stereocenters. The number of alkyl halides is 1. The van der Waals surface area contributed by atoms with E-state index in [0.717, 1.165) is 6.42 Å². The standard InChI is InChI=1S/C14H15ClS/c15-13-6-3-4-10(13)8-11-9-16-14-7-2-1-5-12(11)14/h1-2,5,7,9-10,13H,3-4,6,8H2. The van der Waals surface area contributed by atoms with Gasteiger partial charge in [0.2, 0.25) is 0 Å². The Morgan fingerprint density at radius 3 is 2.94 bits per heavy atom. The Hall–Kier alpha value is -0.530. The Balaban J connectivity index is 1.89. The molecule has 0 radical (unpaired) electrons. The quantitative estimate of drug-likeness (QED) is 0.669. The van der Waals surface area contributed by atoms with Gasteiger partial charge in [0.15, 0.2) is 0 Å². The fourth-order valence-corrected chi connectivity index (χ4v) is 4.04. The summed E-state index contributed by atoms with van der Waals surface area (Å²) >= 11 is 8.21. The van der Waals surface area contributed by atoms with Gasteiger partial charge in [-0.3, -0.25) is 0 Å². The van der Waals surface area contributed by atoms with E-state index in [-0.39, 0.29) is 0 Å². The van der Waals surface area contributed by atoms with Crippen molar-refractivity contribution in [1.82, 2.24) is 0 Å². The summed E-state index contributed by atoms with van der Waals surface area (Å²) in [6.07, 6.45) is 4.98. The molecular weight excluding hydrogens is 236 g/mol. The van der Waals surface area contributed by atoms with Gasteiger partial charge < -0.3 is 0 Å². The number of rotatable bonds is 2. The van der Waals surface area contributed by atoms with E-state index in [0.29, 0.717) is 11.3 Å². The number of benzene rings is 1. The van der Waals surface area contributed by atoms with Gasteiger partial charge in [-0.25, -0.2) is 0 Å². The molecule has 0 nitrogen and oxygen atoms in total. The van der Waals surface area contributed by atoms with Crippen LogP contribution in [0, 0.1) is 5.92 Å². The van der Waals surface area contributed by atoms with E-state index in [1.54, 1.807) is 0 Å². The van der Waals surface area contributed by atoms with Crippen molar-refractivity contribution >= 4 is 33.0 Å². The molecule has 0 saturated heterocycles. The Kier molecular flexibility index (Phi) is 2.91. The smallest absolute Gasteiger partial charge is 0.0367 e. The minimum absolute atomic E-state index is 0.402. The second kappa shape index (κ2) is 4.38. The molecule has 0 amide bonds. The first-order valence-electron chi connectivity index (χ1n) is 5.94. The van der Waals surface area contributed by atoms with Crippen LogP contribution in [0.5, 0.6) is 0 Å². The minimum atomic E-state index is 0.402. The Morgan fingerprint density at radius 1 is 1.25 bits per heavy atom. The molecule has 0 bridgehead atoms. The number of hydrogen-bond donors (Lipinski definition) is 0. The topological polar surface area (TPSA) is 0 Å². The predicted octanol–water partition coefficient (Wildman–Crippen LogP) is 4.85. The second-order valence-electron chi connectivity index (χ2n) is 4.67. The largest absolute Gasteiger partial charge is 0.144 e. The minimum Gasteiger partial charge on any atom is -0.144 e. The molecule has 2 aromatic rings. The highest BCUT2D eigenvalue weighted by Gasteiger charge is 2.25. The van der Waals surface area contributed by atoms with E-state index >= 15 is 0 Å². The Morgan fingerprint density at radius 2 is 2.12 bits per heavy atom. The molecule has 1 fully saturated rings. The monoisotopic (exact) mass is 250 g/mol. The van der Waals surface area contributed by atoms with E-state index in [1.807, 2.05) is 11.3 Å². The van der Waals surface area contributed by atoms with Crippen LogP contribution in [0.25, 0.3) is 10.1 Å². The molecule has 1 aliphatic rings. The third-order valence-corrected chi connectivity index (χ3v) is 5.20. The number of fused-ring (bicyclic) bond motifs is 1. The zero-order chi connectivity index (χ0) is 11.0. The first-order chi connectivity index (χ1) is 7.84. The van der Waals surface area contributed by atoms with Gasteiger partial charge in [-0.05, 0) is 47.6 Å². The number of halogens is 1. The van der Waals surface area contributed by atoms with Crippen LogP contribution in [0.2, 0.25) is 0 Å². The van der Waals surface area contributed by atoms with E-state index in [1.165, 1.54) is 34.9 Å². The molecule has 1 aliphatic carbocycles. The van der Waals surface area contributed by atoms with Crippen LogP contribution in [0.1, 0.15) is 24.8 Å². The van der Waals surface area contributed by atoms with Gasteiger partial charge in [-0.15, -0.1) is 22.9 Å². The van der Waals surface area contributed by atoms with E-state index in [9.17, 15) is 0 Å². The summed E-state index contributed by atoms with van der Waals surface area (Å²) in [7, 11) is 0. The number of thiophene rings is 1. The molecule has 0 N–H and O–H groups in total. The summed E-state index contributed by atoms with van der Waals surface area (Å²) in [4.78, 5) is 0. The van der Waals surface area contributed by atoms with Gasteiger partial charge in [-0.1, -0.05) is 24.6 Å². The van der Waals surface area contributed by atoms with Crippen LogP contribution in [-0.2, 0) is 6.42 Å². The molecule has 1 aromatic carbocycles. The number of hydrogen-bond acceptors (Lipinski definition) is 1. The molecule has 1 heterocycles.